The van der Waals surface area contributed by atoms with Crippen LogP contribution in [0.15, 0.2) is 27.1 Å². The van der Waals surface area contributed by atoms with Crippen molar-refractivity contribution < 1.29 is 0 Å². The van der Waals surface area contributed by atoms with Crippen LogP contribution in [0.4, 0.5) is 0 Å². The highest BCUT2D eigenvalue weighted by molar-refractivity contribution is 9.11. The molecule has 2 rings (SSSR count). The van der Waals surface area contributed by atoms with Crippen molar-refractivity contribution in [2.24, 2.45) is 5.92 Å². The van der Waals surface area contributed by atoms with Crippen LogP contribution < -0.4 is 5.32 Å². The van der Waals surface area contributed by atoms with E-state index in [-0.39, 0.29) is 0 Å². The number of piperidine rings is 1. The molecule has 0 amide bonds. The molecule has 1 atom stereocenters. The van der Waals surface area contributed by atoms with Crippen LogP contribution in [0.25, 0.3) is 0 Å². The van der Waals surface area contributed by atoms with Gasteiger partial charge in [0.1, 0.15) is 0 Å². The Hall–Kier alpha value is 0.1000. The van der Waals surface area contributed by atoms with E-state index in [9.17, 15) is 0 Å². The number of nitrogens with zero attached hydrogens (tertiary/aromatic N) is 1. The summed E-state index contributed by atoms with van der Waals surface area (Å²) in [5.74, 6) is 0.902. The van der Waals surface area contributed by atoms with Crippen LogP contribution in [-0.4, -0.2) is 31.6 Å². The summed E-state index contributed by atoms with van der Waals surface area (Å²) >= 11 is 7.15. The lowest BCUT2D eigenvalue weighted by Crippen LogP contribution is -2.32. The summed E-state index contributed by atoms with van der Waals surface area (Å²) in [4.78, 5) is 2.44. The van der Waals surface area contributed by atoms with Crippen molar-refractivity contribution in [1.29, 1.82) is 0 Å². The maximum atomic E-state index is 3.66. The van der Waals surface area contributed by atoms with Gasteiger partial charge in [0, 0.05) is 15.0 Å². The Morgan fingerprint density at radius 1 is 1.30 bits per heavy atom. The lowest BCUT2D eigenvalue weighted by atomic mass is 9.93. The third kappa shape index (κ3) is 4.83. The standard InChI is InChI=1S/C16H24Br2N2/c1-12(15-4-3-14(17)11-16(15)18)19-8-5-13-6-9-20(2)10-7-13/h3-4,11-13,19H,5-10H2,1-2H3. The first-order valence-corrected chi connectivity index (χ1v) is 9.01. The molecule has 112 valence electrons. The second-order valence-electron chi connectivity index (χ2n) is 5.88. The lowest BCUT2D eigenvalue weighted by molar-refractivity contribution is 0.211. The van der Waals surface area contributed by atoms with Crippen molar-refractivity contribution in [3.8, 4) is 0 Å². The number of halogens is 2. The fraction of sp³-hybridized carbons (Fsp3) is 0.625. The minimum atomic E-state index is 0.392. The average molecular weight is 404 g/mol. The van der Waals surface area contributed by atoms with Crippen molar-refractivity contribution in [2.75, 3.05) is 26.7 Å². The third-order valence-corrected chi connectivity index (χ3v) is 5.45. The summed E-state index contributed by atoms with van der Waals surface area (Å²) in [5.41, 5.74) is 1.33. The van der Waals surface area contributed by atoms with Gasteiger partial charge in [-0.15, -0.1) is 0 Å². The van der Waals surface area contributed by atoms with Crippen molar-refractivity contribution in [3.63, 3.8) is 0 Å². The van der Waals surface area contributed by atoms with Gasteiger partial charge >= 0.3 is 0 Å². The predicted octanol–water partition coefficient (Wildman–Crippen LogP) is 4.59. The molecule has 0 bridgehead atoms. The predicted molar refractivity (Wildman–Crippen MR) is 93.1 cm³/mol. The Bertz CT molecular complexity index is 428. The van der Waals surface area contributed by atoms with Crippen LogP contribution in [0, 0.1) is 5.92 Å². The van der Waals surface area contributed by atoms with Gasteiger partial charge in [0.05, 0.1) is 0 Å². The van der Waals surface area contributed by atoms with Gasteiger partial charge in [0.25, 0.3) is 0 Å². The number of rotatable bonds is 5. The molecule has 2 nitrogen and oxygen atoms in total. The molecule has 20 heavy (non-hydrogen) atoms. The molecule has 1 aliphatic rings. The van der Waals surface area contributed by atoms with E-state index >= 15 is 0 Å². The Kier molecular flexibility index (Phi) is 6.53. The summed E-state index contributed by atoms with van der Waals surface area (Å²) in [6, 6.07) is 6.80. The second-order valence-corrected chi connectivity index (χ2v) is 7.65. The van der Waals surface area contributed by atoms with Crippen LogP contribution >= 0.6 is 31.9 Å². The maximum Gasteiger partial charge on any atom is 0.0302 e. The summed E-state index contributed by atoms with van der Waals surface area (Å²) in [6.45, 7) is 5.87. The largest absolute Gasteiger partial charge is 0.310 e. The minimum Gasteiger partial charge on any atom is -0.310 e. The lowest BCUT2D eigenvalue weighted by Gasteiger charge is -2.29. The smallest absolute Gasteiger partial charge is 0.0302 e. The fourth-order valence-corrected chi connectivity index (χ4v) is 4.21. The van der Waals surface area contributed by atoms with E-state index in [2.05, 4.69) is 74.2 Å². The number of hydrogen-bond donors (Lipinski definition) is 1. The zero-order valence-electron chi connectivity index (χ0n) is 12.3. The zero-order chi connectivity index (χ0) is 14.5. The quantitative estimate of drug-likeness (QED) is 0.772. The number of likely N-dealkylation sites (tertiary alicyclic amines) is 1. The Balaban J connectivity index is 1.76. The highest BCUT2D eigenvalue weighted by Crippen LogP contribution is 2.27. The molecule has 0 aromatic heterocycles. The van der Waals surface area contributed by atoms with Gasteiger partial charge in [0.2, 0.25) is 0 Å². The second kappa shape index (κ2) is 7.92. The molecule has 1 fully saturated rings. The molecule has 1 aliphatic heterocycles. The molecule has 1 heterocycles. The third-order valence-electron chi connectivity index (χ3n) is 4.27. The van der Waals surface area contributed by atoms with E-state index in [0.717, 1.165) is 16.9 Å². The van der Waals surface area contributed by atoms with Gasteiger partial charge < -0.3 is 10.2 Å². The highest BCUT2D eigenvalue weighted by atomic mass is 79.9. The van der Waals surface area contributed by atoms with Crippen molar-refractivity contribution >= 4 is 31.9 Å². The van der Waals surface area contributed by atoms with Crippen molar-refractivity contribution in [3.05, 3.63) is 32.7 Å². The van der Waals surface area contributed by atoms with E-state index < -0.39 is 0 Å². The van der Waals surface area contributed by atoms with Gasteiger partial charge in [-0.1, -0.05) is 37.9 Å². The first-order valence-electron chi connectivity index (χ1n) is 7.43. The maximum absolute atomic E-state index is 3.66. The van der Waals surface area contributed by atoms with Crippen LogP contribution in [-0.2, 0) is 0 Å². The molecule has 1 N–H and O–H groups in total. The van der Waals surface area contributed by atoms with Crippen LogP contribution in [0.1, 0.15) is 37.8 Å². The molecule has 1 saturated heterocycles. The summed E-state index contributed by atoms with van der Waals surface area (Å²) in [6.07, 6.45) is 4.01. The van der Waals surface area contributed by atoms with Gasteiger partial charge in [-0.3, -0.25) is 0 Å². The van der Waals surface area contributed by atoms with E-state index in [4.69, 9.17) is 0 Å². The van der Waals surface area contributed by atoms with Gasteiger partial charge in [-0.25, -0.2) is 0 Å². The molecule has 1 aromatic rings. The summed E-state index contributed by atoms with van der Waals surface area (Å²) < 4.78 is 2.29. The number of nitrogens with one attached hydrogen (secondary N) is 1. The molecule has 4 heteroatoms. The van der Waals surface area contributed by atoms with Gasteiger partial charge in [0.15, 0.2) is 0 Å². The van der Waals surface area contributed by atoms with Crippen LogP contribution in [0.3, 0.4) is 0 Å². The Morgan fingerprint density at radius 3 is 2.65 bits per heavy atom. The number of benzene rings is 1. The monoisotopic (exact) mass is 402 g/mol. The first-order chi connectivity index (χ1) is 9.56. The molecule has 1 unspecified atom stereocenters. The van der Waals surface area contributed by atoms with E-state index in [1.54, 1.807) is 0 Å². The average Bonchev–Trinajstić information content (AvgIpc) is 2.41. The normalized spacial score (nSPS) is 19.2. The van der Waals surface area contributed by atoms with E-state index in [1.165, 1.54) is 42.4 Å². The van der Waals surface area contributed by atoms with Crippen LogP contribution in [0.2, 0.25) is 0 Å². The Labute approximate surface area is 139 Å². The molecule has 0 radical (unpaired) electrons. The topological polar surface area (TPSA) is 15.3 Å². The number of hydrogen-bond acceptors (Lipinski definition) is 2. The summed E-state index contributed by atoms with van der Waals surface area (Å²) in [7, 11) is 2.22. The van der Waals surface area contributed by atoms with E-state index in [1.807, 2.05) is 0 Å². The Morgan fingerprint density at radius 2 is 2.00 bits per heavy atom. The van der Waals surface area contributed by atoms with Crippen LogP contribution in [0.5, 0.6) is 0 Å². The highest BCUT2D eigenvalue weighted by Gasteiger charge is 2.16. The van der Waals surface area contributed by atoms with Gasteiger partial charge in [-0.2, -0.15) is 0 Å². The SMILES string of the molecule is CC(NCCC1CCN(C)CC1)c1ccc(Br)cc1Br. The van der Waals surface area contributed by atoms with Crippen molar-refractivity contribution in [2.45, 2.75) is 32.2 Å². The van der Waals surface area contributed by atoms with Gasteiger partial charge in [-0.05, 0) is 76.5 Å². The molecule has 0 saturated carbocycles. The van der Waals surface area contributed by atoms with Crippen molar-refractivity contribution in [1.82, 2.24) is 10.2 Å². The molecular weight excluding hydrogens is 380 g/mol. The summed E-state index contributed by atoms with van der Waals surface area (Å²) in [5, 5.41) is 3.66. The zero-order valence-corrected chi connectivity index (χ0v) is 15.5. The molecule has 0 spiro atoms. The molecule has 1 aromatic carbocycles. The molecular formula is C16H24Br2N2. The molecule has 0 aliphatic carbocycles. The fourth-order valence-electron chi connectivity index (χ4n) is 2.82. The minimum absolute atomic E-state index is 0.392. The van der Waals surface area contributed by atoms with E-state index in [0.29, 0.717) is 6.04 Å². The first kappa shape index (κ1) is 16.5.